The maximum atomic E-state index is 12.7. The predicted molar refractivity (Wildman–Crippen MR) is 110 cm³/mol. The van der Waals surface area contributed by atoms with Crippen LogP contribution in [0.15, 0.2) is 84.9 Å². The third kappa shape index (κ3) is 5.20. The molecular weight excluding hydrogens is 352 g/mol. The van der Waals surface area contributed by atoms with Crippen LogP contribution in [0, 0.1) is 0 Å². The van der Waals surface area contributed by atoms with Crippen molar-refractivity contribution < 1.29 is 14.3 Å². The quantitative estimate of drug-likeness (QED) is 0.636. The molecule has 3 aromatic rings. The Morgan fingerprint density at radius 2 is 1.21 bits per heavy atom. The first-order valence-corrected chi connectivity index (χ1v) is 9.00. The van der Waals surface area contributed by atoms with Crippen LogP contribution < -0.4 is 10.6 Å². The molecule has 2 amide bonds. The molecule has 0 heterocycles. The maximum Gasteiger partial charge on any atom is 0.411 e. The van der Waals surface area contributed by atoms with E-state index in [1.54, 1.807) is 24.3 Å². The first-order valence-electron chi connectivity index (χ1n) is 9.00. The fraction of sp³-hybridized carbons (Fsp3) is 0.130. The summed E-state index contributed by atoms with van der Waals surface area (Å²) in [5.41, 5.74) is 3.46. The third-order valence-corrected chi connectivity index (χ3v) is 4.39. The van der Waals surface area contributed by atoms with Crippen molar-refractivity contribution in [3.05, 3.63) is 96.1 Å². The molecule has 0 saturated heterocycles. The number of benzene rings is 3. The summed E-state index contributed by atoms with van der Waals surface area (Å²) in [5, 5.41) is 5.50. The molecular formula is C23H22N2O3. The second-order valence-electron chi connectivity index (χ2n) is 6.32. The van der Waals surface area contributed by atoms with Crippen molar-refractivity contribution in [3.63, 3.8) is 0 Å². The van der Waals surface area contributed by atoms with Crippen LogP contribution in [0.2, 0.25) is 0 Å². The Labute approximate surface area is 164 Å². The molecule has 5 heteroatoms. The van der Waals surface area contributed by atoms with Gasteiger partial charge >= 0.3 is 6.09 Å². The van der Waals surface area contributed by atoms with Gasteiger partial charge in [0, 0.05) is 23.7 Å². The van der Waals surface area contributed by atoms with Gasteiger partial charge in [0.15, 0.2) is 0 Å². The van der Waals surface area contributed by atoms with Crippen LogP contribution >= 0.6 is 0 Å². The summed E-state index contributed by atoms with van der Waals surface area (Å²) >= 11 is 0. The highest BCUT2D eigenvalue weighted by atomic mass is 16.5. The van der Waals surface area contributed by atoms with Gasteiger partial charge in [0.2, 0.25) is 5.91 Å². The molecule has 5 nitrogen and oxygen atoms in total. The second-order valence-corrected chi connectivity index (χ2v) is 6.32. The van der Waals surface area contributed by atoms with E-state index in [0.29, 0.717) is 17.8 Å². The van der Waals surface area contributed by atoms with Gasteiger partial charge in [-0.2, -0.15) is 0 Å². The normalized spacial score (nSPS) is 10.4. The van der Waals surface area contributed by atoms with E-state index in [9.17, 15) is 9.59 Å². The van der Waals surface area contributed by atoms with Gasteiger partial charge in [-0.1, -0.05) is 60.7 Å². The molecule has 28 heavy (non-hydrogen) atoms. The van der Waals surface area contributed by atoms with E-state index < -0.39 is 6.09 Å². The van der Waals surface area contributed by atoms with Crippen molar-refractivity contribution in [2.45, 2.75) is 12.3 Å². The van der Waals surface area contributed by atoms with Gasteiger partial charge < -0.3 is 10.1 Å². The summed E-state index contributed by atoms with van der Waals surface area (Å²) in [4.78, 5) is 23.9. The average Bonchev–Trinajstić information content (AvgIpc) is 2.74. The summed E-state index contributed by atoms with van der Waals surface area (Å²) in [5.74, 6) is -0.103. The fourth-order valence-corrected chi connectivity index (χ4v) is 3.00. The first kappa shape index (κ1) is 19.2. The van der Waals surface area contributed by atoms with E-state index in [2.05, 4.69) is 15.4 Å². The van der Waals surface area contributed by atoms with Crippen molar-refractivity contribution >= 4 is 23.4 Å². The standard InChI is InChI=1S/C23H22N2O3/c1-28-23(27)25-20-14-12-19(13-15-20)24-22(26)16-21(17-8-4-2-5-9-17)18-10-6-3-7-11-18/h2-15,21H,16H2,1H3,(H,24,26)(H,25,27). The van der Waals surface area contributed by atoms with Crippen molar-refractivity contribution in [2.75, 3.05) is 17.7 Å². The number of ether oxygens (including phenoxy) is 1. The van der Waals surface area contributed by atoms with Gasteiger partial charge in [0.05, 0.1) is 7.11 Å². The molecule has 0 atom stereocenters. The van der Waals surface area contributed by atoms with E-state index >= 15 is 0 Å². The largest absolute Gasteiger partial charge is 0.453 e. The Morgan fingerprint density at radius 1 is 0.750 bits per heavy atom. The molecule has 0 bridgehead atoms. The summed E-state index contributed by atoms with van der Waals surface area (Å²) in [7, 11) is 1.31. The summed E-state index contributed by atoms with van der Waals surface area (Å²) < 4.78 is 4.56. The number of rotatable bonds is 6. The highest BCUT2D eigenvalue weighted by Crippen LogP contribution is 2.28. The number of amides is 2. The van der Waals surface area contributed by atoms with Gasteiger partial charge in [-0.3, -0.25) is 10.1 Å². The predicted octanol–water partition coefficient (Wildman–Crippen LogP) is 5.03. The molecule has 0 spiro atoms. The lowest BCUT2D eigenvalue weighted by molar-refractivity contribution is -0.116. The molecule has 0 radical (unpaired) electrons. The Kier molecular flexibility index (Phi) is 6.41. The Hall–Kier alpha value is -3.60. The van der Waals surface area contributed by atoms with Crippen LogP contribution in [0.1, 0.15) is 23.5 Å². The van der Waals surface area contributed by atoms with Crippen molar-refractivity contribution in [1.29, 1.82) is 0 Å². The maximum absolute atomic E-state index is 12.7. The van der Waals surface area contributed by atoms with Gasteiger partial charge in [0.1, 0.15) is 0 Å². The summed E-state index contributed by atoms with van der Waals surface area (Å²) in [6.07, 6.45) is -0.207. The number of methoxy groups -OCH3 is 1. The highest BCUT2D eigenvalue weighted by molar-refractivity contribution is 5.92. The monoisotopic (exact) mass is 374 g/mol. The van der Waals surface area contributed by atoms with Crippen molar-refractivity contribution in [1.82, 2.24) is 0 Å². The average molecular weight is 374 g/mol. The SMILES string of the molecule is COC(=O)Nc1ccc(NC(=O)CC(c2ccccc2)c2ccccc2)cc1. The van der Waals surface area contributed by atoms with Gasteiger partial charge in [-0.05, 0) is 35.4 Å². The highest BCUT2D eigenvalue weighted by Gasteiger charge is 2.18. The smallest absolute Gasteiger partial charge is 0.411 e. The lowest BCUT2D eigenvalue weighted by Gasteiger charge is -2.18. The van der Waals surface area contributed by atoms with E-state index in [0.717, 1.165) is 11.1 Å². The van der Waals surface area contributed by atoms with Crippen LogP contribution in [0.4, 0.5) is 16.2 Å². The van der Waals surface area contributed by atoms with Gasteiger partial charge in [0.25, 0.3) is 0 Å². The molecule has 0 aliphatic rings. The number of hydrogen-bond acceptors (Lipinski definition) is 3. The number of nitrogens with one attached hydrogen (secondary N) is 2. The van der Waals surface area contributed by atoms with Crippen LogP contribution in [-0.4, -0.2) is 19.1 Å². The molecule has 142 valence electrons. The lowest BCUT2D eigenvalue weighted by Crippen LogP contribution is -2.16. The topological polar surface area (TPSA) is 67.4 Å². The van der Waals surface area contributed by atoms with Crippen LogP contribution in [0.3, 0.4) is 0 Å². The minimum atomic E-state index is -0.537. The minimum Gasteiger partial charge on any atom is -0.453 e. The van der Waals surface area contributed by atoms with E-state index in [4.69, 9.17) is 0 Å². The summed E-state index contributed by atoms with van der Waals surface area (Å²) in [6, 6.07) is 26.9. The molecule has 3 aromatic carbocycles. The number of hydrogen-bond donors (Lipinski definition) is 2. The molecule has 3 rings (SSSR count). The Balaban J connectivity index is 1.70. The first-order chi connectivity index (χ1) is 13.7. The molecule has 0 unspecified atom stereocenters. The van der Waals surface area contributed by atoms with E-state index in [1.807, 2.05) is 60.7 Å². The van der Waals surface area contributed by atoms with Crippen LogP contribution in [0.25, 0.3) is 0 Å². The van der Waals surface area contributed by atoms with E-state index in [1.165, 1.54) is 7.11 Å². The molecule has 0 aliphatic heterocycles. The van der Waals surface area contributed by atoms with Crippen molar-refractivity contribution in [2.24, 2.45) is 0 Å². The lowest BCUT2D eigenvalue weighted by atomic mass is 9.88. The van der Waals surface area contributed by atoms with Crippen molar-refractivity contribution in [3.8, 4) is 0 Å². The third-order valence-electron chi connectivity index (χ3n) is 4.39. The fourth-order valence-electron chi connectivity index (χ4n) is 3.00. The molecule has 2 N–H and O–H groups in total. The zero-order chi connectivity index (χ0) is 19.8. The van der Waals surface area contributed by atoms with Crippen LogP contribution in [0.5, 0.6) is 0 Å². The molecule has 0 aliphatic carbocycles. The summed E-state index contributed by atoms with van der Waals surface area (Å²) in [6.45, 7) is 0. The minimum absolute atomic E-state index is 0.0253. The Bertz CT molecular complexity index is 870. The molecule has 0 fully saturated rings. The molecule has 0 saturated carbocycles. The zero-order valence-electron chi connectivity index (χ0n) is 15.6. The number of anilines is 2. The number of carbonyl (C=O) groups excluding carboxylic acids is 2. The van der Waals surface area contributed by atoms with Gasteiger partial charge in [-0.15, -0.1) is 0 Å². The molecule has 0 aromatic heterocycles. The van der Waals surface area contributed by atoms with E-state index in [-0.39, 0.29) is 11.8 Å². The number of carbonyl (C=O) groups is 2. The Morgan fingerprint density at radius 3 is 1.68 bits per heavy atom. The van der Waals surface area contributed by atoms with Gasteiger partial charge in [-0.25, -0.2) is 4.79 Å². The zero-order valence-corrected chi connectivity index (χ0v) is 15.6. The second kappa shape index (κ2) is 9.37. The van der Waals surface area contributed by atoms with Crippen LogP contribution in [-0.2, 0) is 9.53 Å².